The number of benzene rings is 2. The summed E-state index contributed by atoms with van der Waals surface area (Å²) in [5.41, 5.74) is 2.68. The Kier molecular flexibility index (Phi) is 5.57. The molecule has 0 unspecified atom stereocenters. The number of aromatic nitrogens is 1. The van der Waals surface area contributed by atoms with E-state index in [1.807, 2.05) is 0 Å². The minimum atomic E-state index is -0.619. The van der Waals surface area contributed by atoms with Crippen LogP contribution in [0.15, 0.2) is 69.7 Å². The van der Waals surface area contributed by atoms with Crippen LogP contribution in [0, 0.1) is 0 Å². The van der Waals surface area contributed by atoms with Crippen molar-refractivity contribution in [3.8, 4) is 11.6 Å². The van der Waals surface area contributed by atoms with Gasteiger partial charge in [-0.05, 0) is 30.3 Å². The number of thiazole rings is 1. The molecule has 2 aromatic carbocycles. The first-order valence-electron chi connectivity index (χ1n) is 8.99. The molecule has 3 aromatic rings. The van der Waals surface area contributed by atoms with Gasteiger partial charge in [-0.3, -0.25) is 14.2 Å². The zero-order valence-electron chi connectivity index (χ0n) is 15.9. The number of nitrogens with zero attached hydrogens (tertiary/aromatic N) is 3. The minimum absolute atomic E-state index is 0.0560. The maximum Gasteiger partial charge on any atom is 0.279 e. The van der Waals surface area contributed by atoms with Crippen LogP contribution in [0.5, 0.6) is 11.6 Å². The monoisotopic (exact) mass is 498 g/mol. The molecule has 156 valence electrons. The summed E-state index contributed by atoms with van der Waals surface area (Å²) in [6.07, 6.45) is 1.55. The Bertz CT molecular complexity index is 1440. The molecule has 1 aromatic heterocycles. The summed E-state index contributed by atoms with van der Waals surface area (Å²) in [5, 5.41) is 25.9. The van der Waals surface area contributed by atoms with E-state index in [4.69, 9.17) is 0 Å². The second-order valence-corrected chi connectivity index (χ2v) is 8.35. The second kappa shape index (κ2) is 8.32. The second-order valence-electron chi connectivity index (χ2n) is 6.46. The van der Waals surface area contributed by atoms with Gasteiger partial charge in [-0.15, -0.1) is 11.7 Å². The van der Waals surface area contributed by atoms with Crippen LogP contribution >= 0.6 is 27.3 Å². The van der Waals surface area contributed by atoms with Crippen molar-refractivity contribution in [2.75, 3.05) is 0 Å². The summed E-state index contributed by atoms with van der Waals surface area (Å²) in [5.74, 6) is -1.46. The van der Waals surface area contributed by atoms with Crippen LogP contribution in [0.4, 0.5) is 0 Å². The van der Waals surface area contributed by atoms with Crippen LogP contribution < -0.4 is 20.8 Å². The van der Waals surface area contributed by atoms with Crippen molar-refractivity contribution in [2.45, 2.75) is 6.54 Å². The highest BCUT2D eigenvalue weighted by atomic mass is 79.9. The molecule has 0 atom stereocenters. The number of halogens is 1. The lowest BCUT2D eigenvalue weighted by Crippen LogP contribution is -2.24. The van der Waals surface area contributed by atoms with Gasteiger partial charge >= 0.3 is 0 Å². The van der Waals surface area contributed by atoms with E-state index in [9.17, 15) is 19.8 Å². The molecule has 0 bridgehead atoms. The standard InChI is InChI=1S/C21H15BrN4O4S/c1-2-9-26-20(30)17(16-13-10-11(22)7-8-14(13)23-19(16)29)31-21(26)25-24-18(28)12-5-3-4-6-15(12)27/h2-8,10,27,30H,1,9H2,(H,24,28). The number of aromatic hydroxyl groups is 2. The van der Waals surface area contributed by atoms with E-state index in [1.165, 1.54) is 16.7 Å². The van der Waals surface area contributed by atoms with Gasteiger partial charge in [0.2, 0.25) is 10.7 Å². The third-order valence-electron chi connectivity index (χ3n) is 4.49. The Balaban J connectivity index is 1.83. The van der Waals surface area contributed by atoms with Gasteiger partial charge in [-0.1, -0.05) is 45.5 Å². The normalized spacial score (nSPS) is 13.1. The number of phenolic OH excluding ortho intramolecular Hbond substituents is 1. The third kappa shape index (κ3) is 3.82. The SMILES string of the molecule is C=CCn1c(O)c(C2=c3cc(Br)ccc3=NC2=O)sc1=NNC(=O)c1ccccc1O. The lowest BCUT2D eigenvalue weighted by Gasteiger charge is -2.03. The van der Waals surface area contributed by atoms with Crippen molar-refractivity contribution in [2.24, 2.45) is 10.1 Å². The highest BCUT2D eigenvalue weighted by molar-refractivity contribution is 9.10. The van der Waals surface area contributed by atoms with Crippen molar-refractivity contribution in [1.29, 1.82) is 0 Å². The van der Waals surface area contributed by atoms with Gasteiger partial charge in [0.1, 0.15) is 10.6 Å². The molecule has 0 saturated heterocycles. The summed E-state index contributed by atoms with van der Waals surface area (Å²) in [6, 6.07) is 11.3. The fourth-order valence-corrected chi connectivity index (χ4v) is 4.48. The predicted molar refractivity (Wildman–Crippen MR) is 118 cm³/mol. The zero-order valence-corrected chi connectivity index (χ0v) is 18.3. The van der Waals surface area contributed by atoms with E-state index in [1.54, 1.807) is 36.4 Å². The van der Waals surface area contributed by atoms with Gasteiger partial charge in [0.15, 0.2) is 0 Å². The maximum atomic E-state index is 12.6. The van der Waals surface area contributed by atoms with Crippen molar-refractivity contribution in [1.82, 2.24) is 9.99 Å². The number of carbonyl (C=O) groups excluding carboxylic acids is 2. The number of rotatable bonds is 5. The summed E-state index contributed by atoms with van der Waals surface area (Å²) in [4.78, 5) is 29.5. The van der Waals surface area contributed by atoms with E-state index < -0.39 is 11.8 Å². The number of fused-ring (bicyclic) bond motifs is 1. The van der Waals surface area contributed by atoms with Gasteiger partial charge in [0, 0.05) is 16.2 Å². The molecule has 2 heterocycles. The molecule has 1 aliphatic heterocycles. The lowest BCUT2D eigenvalue weighted by molar-refractivity contribution is -0.112. The molecular formula is C21H15BrN4O4S. The first kappa shape index (κ1) is 20.8. The molecule has 1 aliphatic rings. The van der Waals surface area contributed by atoms with Crippen LogP contribution in [-0.4, -0.2) is 26.6 Å². The molecule has 3 N–H and O–H groups in total. The van der Waals surface area contributed by atoms with E-state index in [2.05, 4.69) is 38.0 Å². The van der Waals surface area contributed by atoms with Gasteiger partial charge in [0.05, 0.1) is 16.5 Å². The Hall–Kier alpha value is -3.50. The summed E-state index contributed by atoms with van der Waals surface area (Å²) >= 11 is 4.41. The number of carbonyl (C=O) groups is 2. The van der Waals surface area contributed by atoms with E-state index >= 15 is 0 Å². The minimum Gasteiger partial charge on any atom is -0.507 e. The largest absolute Gasteiger partial charge is 0.507 e. The molecule has 4 rings (SSSR count). The van der Waals surface area contributed by atoms with Crippen molar-refractivity contribution in [3.63, 3.8) is 0 Å². The Labute approximate surface area is 188 Å². The highest BCUT2D eigenvalue weighted by Crippen LogP contribution is 2.28. The van der Waals surface area contributed by atoms with E-state index in [0.717, 1.165) is 15.8 Å². The number of para-hydroxylation sites is 1. The molecule has 0 spiro atoms. The van der Waals surface area contributed by atoms with Gasteiger partial charge < -0.3 is 10.2 Å². The van der Waals surface area contributed by atoms with Crippen LogP contribution in [0.1, 0.15) is 15.2 Å². The summed E-state index contributed by atoms with van der Waals surface area (Å²) in [7, 11) is 0. The first-order chi connectivity index (χ1) is 14.9. The van der Waals surface area contributed by atoms with Crippen molar-refractivity contribution in [3.05, 3.63) is 85.4 Å². The van der Waals surface area contributed by atoms with Crippen molar-refractivity contribution >= 4 is 44.7 Å². The Morgan fingerprint density at radius 3 is 2.81 bits per heavy atom. The van der Waals surface area contributed by atoms with E-state index in [0.29, 0.717) is 10.6 Å². The highest BCUT2D eigenvalue weighted by Gasteiger charge is 2.25. The fraction of sp³-hybridized carbons (Fsp3) is 0.0476. The van der Waals surface area contributed by atoms with Crippen LogP contribution in [0.3, 0.4) is 0 Å². The molecule has 31 heavy (non-hydrogen) atoms. The topological polar surface area (TPSA) is 116 Å². The first-order valence-corrected chi connectivity index (χ1v) is 10.6. The third-order valence-corrected chi connectivity index (χ3v) is 6.07. The number of hydrogen-bond acceptors (Lipinski definition) is 6. The number of phenols is 1. The molecule has 8 nitrogen and oxygen atoms in total. The molecular weight excluding hydrogens is 484 g/mol. The lowest BCUT2D eigenvalue weighted by atomic mass is 10.1. The van der Waals surface area contributed by atoms with Crippen LogP contribution in [0.25, 0.3) is 5.57 Å². The smallest absolute Gasteiger partial charge is 0.279 e. The van der Waals surface area contributed by atoms with Gasteiger partial charge in [-0.25, -0.2) is 10.4 Å². The quantitative estimate of drug-likeness (QED) is 0.365. The van der Waals surface area contributed by atoms with Crippen LogP contribution in [-0.2, 0) is 11.3 Å². The number of nitrogens with one attached hydrogen (secondary N) is 1. The average molecular weight is 499 g/mol. The molecule has 10 heteroatoms. The zero-order chi connectivity index (χ0) is 22.1. The maximum absolute atomic E-state index is 12.6. The van der Waals surface area contributed by atoms with E-state index in [-0.39, 0.29) is 39.0 Å². The molecule has 0 aliphatic carbocycles. The molecule has 0 saturated carbocycles. The Morgan fingerprint density at radius 1 is 1.29 bits per heavy atom. The van der Waals surface area contributed by atoms with Gasteiger partial charge in [0.25, 0.3) is 11.8 Å². The number of allylic oxidation sites excluding steroid dienone is 1. The molecule has 0 radical (unpaired) electrons. The average Bonchev–Trinajstić information content (AvgIpc) is 3.22. The molecule has 2 amide bonds. The summed E-state index contributed by atoms with van der Waals surface area (Å²) in [6.45, 7) is 3.87. The predicted octanol–water partition coefficient (Wildman–Crippen LogP) is 1.51. The van der Waals surface area contributed by atoms with Gasteiger partial charge in [-0.2, -0.15) is 0 Å². The number of hydrogen-bond donors (Lipinski definition) is 3. The molecule has 0 fully saturated rings. The van der Waals surface area contributed by atoms with Crippen LogP contribution in [0.2, 0.25) is 0 Å². The fourth-order valence-electron chi connectivity index (χ4n) is 3.08. The Morgan fingerprint density at radius 2 is 2.06 bits per heavy atom. The summed E-state index contributed by atoms with van der Waals surface area (Å²) < 4.78 is 2.18. The number of amides is 2. The van der Waals surface area contributed by atoms with Crippen molar-refractivity contribution < 1.29 is 19.8 Å².